The van der Waals surface area contributed by atoms with E-state index in [1.807, 2.05) is 43.0 Å². The maximum Gasteiger partial charge on any atom is 0.266 e. The standard InChI is InChI=1S/C22H23N3O5/c1-14-11-25(12-15(2)28-14)22-19(10-23)24-21(30-22)20-9-8-18(29-20)13-27-17-6-4-16(26-3)5-7-17/h4-9,14-15H,11-13H2,1-3H3. The number of morpholine rings is 1. The van der Waals surface area contributed by atoms with Crippen molar-refractivity contribution in [3.8, 4) is 29.2 Å². The van der Waals surface area contributed by atoms with Crippen LogP contribution >= 0.6 is 0 Å². The molecule has 0 spiro atoms. The number of furan rings is 1. The third-order valence-electron chi connectivity index (χ3n) is 4.73. The number of aromatic nitrogens is 1. The maximum absolute atomic E-state index is 9.50. The minimum Gasteiger partial charge on any atom is -0.497 e. The summed E-state index contributed by atoms with van der Waals surface area (Å²) in [5.41, 5.74) is 0.235. The number of hydrogen-bond acceptors (Lipinski definition) is 8. The average molecular weight is 409 g/mol. The van der Waals surface area contributed by atoms with Crippen LogP contribution in [0.4, 0.5) is 5.88 Å². The molecule has 8 heteroatoms. The molecule has 3 heterocycles. The summed E-state index contributed by atoms with van der Waals surface area (Å²) in [6.07, 6.45) is 0.0818. The zero-order chi connectivity index (χ0) is 21.1. The Labute approximate surface area is 174 Å². The minimum atomic E-state index is 0.0409. The van der Waals surface area contributed by atoms with Crippen LogP contribution in [0.25, 0.3) is 11.7 Å². The molecule has 156 valence electrons. The molecule has 0 bridgehead atoms. The Morgan fingerprint density at radius 3 is 2.43 bits per heavy atom. The van der Waals surface area contributed by atoms with Gasteiger partial charge in [0.1, 0.15) is 29.9 Å². The van der Waals surface area contributed by atoms with Crippen molar-refractivity contribution in [2.24, 2.45) is 0 Å². The normalized spacial score (nSPS) is 18.8. The number of nitriles is 1. The molecule has 2 unspecified atom stereocenters. The lowest BCUT2D eigenvalue weighted by Gasteiger charge is -2.34. The van der Waals surface area contributed by atoms with Crippen LogP contribution in [0.2, 0.25) is 0 Å². The summed E-state index contributed by atoms with van der Waals surface area (Å²) in [5.74, 6) is 3.24. The fourth-order valence-corrected chi connectivity index (χ4v) is 3.45. The molecule has 30 heavy (non-hydrogen) atoms. The predicted octanol–water partition coefficient (Wildman–Crippen LogP) is 4.01. The number of nitrogens with zero attached hydrogens (tertiary/aromatic N) is 3. The van der Waals surface area contributed by atoms with Crippen LogP contribution in [0.1, 0.15) is 25.3 Å². The summed E-state index contributed by atoms with van der Waals surface area (Å²) >= 11 is 0. The van der Waals surface area contributed by atoms with Gasteiger partial charge in [-0.25, -0.2) is 0 Å². The van der Waals surface area contributed by atoms with Gasteiger partial charge < -0.3 is 27.9 Å². The first kappa shape index (κ1) is 19.9. The van der Waals surface area contributed by atoms with Gasteiger partial charge in [0.25, 0.3) is 5.89 Å². The largest absolute Gasteiger partial charge is 0.497 e. The van der Waals surface area contributed by atoms with E-state index in [1.54, 1.807) is 19.2 Å². The molecule has 4 rings (SSSR count). The van der Waals surface area contributed by atoms with E-state index < -0.39 is 0 Å². The molecule has 3 aromatic rings. The molecule has 0 radical (unpaired) electrons. The highest BCUT2D eigenvalue weighted by Gasteiger charge is 2.28. The van der Waals surface area contributed by atoms with Crippen LogP contribution in [-0.2, 0) is 11.3 Å². The second-order valence-electron chi connectivity index (χ2n) is 7.18. The first-order chi connectivity index (χ1) is 14.6. The summed E-state index contributed by atoms with van der Waals surface area (Å²) in [6, 6.07) is 13.0. The average Bonchev–Trinajstić information content (AvgIpc) is 3.39. The van der Waals surface area contributed by atoms with E-state index in [9.17, 15) is 5.26 Å². The SMILES string of the molecule is COc1ccc(OCc2ccc(-c3nc(C#N)c(N4CC(C)OC(C)C4)o3)o2)cc1. The molecule has 2 aromatic heterocycles. The molecule has 1 fully saturated rings. The molecule has 1 aliphatic rings. The van der Waals surface area contributed by atoms with Crippen LogP contribution < -0.4 is 14.4 Å². The lowest BCUT2D eigenvalue weighted by Crippen LogP contribution is -2.45. The van der Waals surface area contributed by atoms with Gasteiger partial charge >= 0.3 is 0 Å². The quantitative estimate of drug-likeness (QED) is 0.603. The number of benzene rings is 1. The molecule has 1 aromatic carbocycles. The topological polar surface area (TPSA) is 93.9 Å². The number of methoxy groups -OCH3 is 1. The van der Waals surface area contributed by atoms with Gasteiger partial charge in [0.2, 0.25) is 11.6 Å². The molecule has 1 aliphatic heterocycles. The summed E-state index contributed by atoms with van der Waals surface area (Å²) in [5, 5.41) is 9.50. The summed E-state index contributed by atoms with van der Waals surface area (Å²) < 4.78 is 28.4. The van der Waals surface area contributed by atoms with Gasteiger partial charge in [-0.3, -0.25) is 0 Å². The molecule has 0 amide bonds. The number of oxazole rings is 1. The Bertz CT molecular complexity index is 1020. The number of hydrogen-bond donors (Lipinski definition) is 0. The van der Waals surface area contributed by atoms with Gasteiger partial charge in [0.15, 0.2) is 5.76 Å². The Morgan fingerprint density at radius 1 is 1.07 bits per heavy atom. The molecule has 0 N–H and O–H groups in total. The first-order valence-corrected chi connectivity index (χ1v) is 9.73. The summed E-state index contributed by atoms with van der Waals surface area (Å²) in [6.45, 7) is 5.50. The smallest absolute Gasteiger partial charge is 0.266 e. The Morgan fingerprint density at radius 2 is 1.77 bits per heavy atom. The molecular formula is C22H23N3O5. The van der Waals surface area contributed by atoms with E-state index in [-0.39, 0.29) is 30.4 Å². The van der Waals surface area contributed by atoms with Crippen molar-refractivity contribution < 1.29 is 23.0 Å². The zero-order valence-electron chi connectivity index (χ0n) is 17.1. The second kappa shape index (κ2) is 8.51. The lowest BCUT2D eigenvalue weighted by atomic mass is 10.2. The van der Waals surface area contributed by atoms with E-state index in [0.717, 1.165) is 5.75 Å². The molecular weight excluding hydrogens is 386 g/mol. The highest BCUT2D eigenvalue weighted by molar-refractivity contribution is 5.56. The molecule has 0 aliphatic carbocycles. The van der Waals surface area contributed by atoms with Gasteiger partial charge in [-0.2, -0.15) is 10.2 Å². The van der Waals surface area contributed by atoms with Crippen molar-refractivity contribution in [2.45, 2.75) is 32.7 Å². The third-order valence-corrected chi connectivity index (χ3v) is 4.73. The highest BCUT2D eigenvalue weighted by atomic mass is 16.5. The van der Waals surface area contributed by atoms with E-state index in [4.69, 9.17) is 23.0 Å². The van der Waals surface area contributed by atoms with Crippen LogP contribution in [0.5, 0.6) is 11.5 Å². The lowest BCUT2D eigenvalue weighted by molar-refractivity contribution is -0.00639. The highest BCUT2D eigenvalue weighted by Crippen LogP contribution is 2.31. The van der Waals surface area contributed by atoms with Crippen LogP contribution in [0.15, 0.2) is 45.2 Å². The van der Waals surface area contributed by atoms with Gasteiger partial charge in [-0.15, -0.1) is 0 Å². The van der Waals surface area contributed by atoms with Crippen molar-refractivity contribution in [2.75, 3.05) is 25.1 Å². The summed E-state index contributed by atoms with van der Waals surface area (Å²) in [4.78, 5) is 6.31. The Kier molecular flexibility index (Phi) is 5.63. The minimum absolute atomic E-state index is 0.0409. The third kappa shape index (κ3) is 4.26. The molecule has 2 atom stereocenters. The van der Waals surface area contributed by atoms with Gasteiger partial charge in [-0.1, -0.05) is 0 Å². The van der Waals surface area contributed by atoms with E-state index in [2.05, 4.69) is 11.1 Å². The van der Waals surface area contributed by atoms with E-state index in [1.165, 1.54) is 0 Å². The monoisotopic (exact) mass is 409 g/mol. The Hall–Kier alpha value is -3.44. The Balaban J connectivity index is 1.47. The van der Waals surface area contributed by atoms with Crippen molar-refractivity contribution in [3.63, 3.8) is 0 Å². The summed E-state index contributed by atoms with van der Waals surface area (Å²) in [7, 11) is 1.62. The van der Waals surface area contributed by atoms with Crippen molar-refractivity contribution in [1.82, 2.24) is 4.98 Å². The molecule has 0 saturated carbocycles. The number of ether oxygens (including phenoxy) is 3. The second-order valence-corrected chi connectivity index (χ2v) is 7.18. The number of rotatable bonds is 6. The van der Waals surface area contributed by atoms with Crippen LogP contribution in [0.3, 0.4) is 0 Å². The van der Waals surface area contributed by atoms with Crippen molar-refractivity contribution in [1.29, 1.82) is 5.26 Å². The molecule has 8 nitrogen and oxygen atoms in total. The fourth-order valence-electron chi connectivity index (χ4n) is 3.45. The zero-order valence-corrected chi connectivity index (χ0v) is 17.1. The fraction of sp³-hybridized carbons (Fsp3) is 0.364. The van der Waals surface area contributed by atoms with Gasteiger partial charge in [-0.05, 0) is 50.2 Å². The van der Waals surface area contributed by atoms with Crippen molar-refractivity contribution in [3.05, 3.63) is 47.9 Å². The number of anilines is 1. The van der Waals surface area contributed by atoms with E-state index in [0.29, 0.717) is 36.2 Å². The van der Waals surface area contributed by atoms with E-state index >= 15 is 0 Å². The maximum atomic E-state index is 9.50. The predicted molar refractivity (Wildman–Crippen MR) is 108 cm³/mol. The molecule has 1 saturated heterocycles. The van der Waals surface area contributed by atoms with Crippen LogP contribution in [-0.4, -0.2) is 37.4 Å². The van der Waals surface area contributed by atoms with Gasteiger partial charge in [0, 0.05) is 13.1 Å². The first-order valence-electron chi connectivity index (χ1n) is 9.73. The van der Waals surface area contributed by atoms with Gasteiger partial charge in [0.05, 0.1) is 19.3 Å². The van der Waals surface area contributed by atoms with Crippen molar-refractivity contribution >= 4 is 5.88 Å². The van der Waals surface area contributed by atoms with Crippen LogP contribution in [0, 0.1) is 11.3 Å².